The summed E-state index contributed by atoms with van der Waals surface area (Å²) in [6.45, 7) is 10.0. The number of aromatic nitrogens is 1. The van der Waals surface area contributed by atoms with Gasteiger partial charge in [-0.1, -0.05) is 20.8 Å². The average molecular weight is 478 g/mol. The van der Waals surface area contributed by atoms with E-state index in [0.717, 1.165) is 44.3 Å². The number of oxazole rings is 1. The molecule has 26 heavy (non-hydrogen) atoms. The van der Waals surface area contributed by atoms with Crippen molar-refractivity contribution < 1.29 is 13.9 Å². The van der Waals surface area contributed by atoms with Gasteiger partial charge < -0.3 is 24.1 Å². The topological polar surface area (TPSA) is 72.1 Å². The summed E-state index contributed by atoms with van der Waals surface area (Å²) in [6, 6.07) is 0. The van der Waals surface area contributed by atoms with E-state index in [1.165, 1.54) is 0 Å². The molecule has 2 unspecified atom stereocenters. The third kappa shape index (κ3) is 5.32. The molecule has 0 spiro atoms. The van der Waals surface area contributed by atoms with Gasteiger partial charge >= 0.3 is 0 Å². The fraction of sp³-hybridized carbons (Fsp3) is 0.778. The molecule has 0 bridgehead atoms. The number of halogens is 1. The van der Waals surface area contributed by atoms with Crippen LogP contribution in [-0.4, -0.2) is 61.4 Å². The van der Waals surface area contributed by atoms with Crippen LogP contribution in [-0.2, 0) is 21.4 Å². The Morgan fingerprint density at radius 1 is 1.31 bits per heavy atom. The minimum atomic E-state index is -0.0361. The van der Waals surface area contributed by atoms with Crippen molar-refractivity contribution in [1.29, 1.82) is 0 Å². The van der Waals surface area contributed by atoms with Crippen LogP contribution in [0.1, 0.15) is 45.3 Å². The minimum absolute atomic E-state index is 0. The van der Waals surface area contributed by atoms with E-state index < -0.39 is 0 Å². The quantitative estimate of drug-likeness (QED) is 0.409. The maximum absolute atomic E-state index is 5.91. The highest BCUT2D eigenvalue weighted by Gasteiger charge is 2.32. The Morgan fingerprint density at radius 2 is 2.08 bits per heavy atom. The Morgan fingerprint density at radius 3 is 2.69 bits per heavy atom. The van der Waals surface area contributed by atoms with Crippen molar-refractivity contribution in [1.82, 2.24) is 15.2 Å². The first kappa shape index (κ1) is 21.4. The van der Waals surface area contributed by atoms with Crippen molar-refractivity contribution in [2.75, 3.05) is 33.4 Å². The Kier molecular flexibility index (Phi) is 7.72. The molecule has 2 aliphatic rings. The van der Waals surface area contributed by atoms with Crippen LogP contribution in [0.4, 0.5) is 0 Å². The van der Waals surface area contributed by atoms with E-state index in [0.29, 0.717) is 19.0 Å². The lowest BCUT2D eigenvalue weighted by molar-refractivity contribution is -0.0817. The number of rotatable bonds is 3. The fourth-order valence-corrected chi connectivity index (χ4v) is 3.21. The zero-order chi connectivity index (χ0) is 17.9. The van der Waals surface area contributed by atoms with E-state index >= 15 is 0 Å². The largest absolute Gasteiger partial charge is 0.443 e. The van der Waals surface area contributed by atoms with Crippen LogP contribution >= 0.6 is 24.0 Å². The van der Waals surface area contributed by atoms with Crippen LogP contribution in [0.25, 0.3) is 0 Å². The molecule has 1 N–H and O–H groups in total. The molecule has 0 amide bonds. The van der Waals surface area contributed by atoms with E-state index in [-0.39, 0.29) is 41.6 Å². The summed E-state index contributed by atoms with van der Waals surface area (Å²) in [5.41, 5.74) is -0.0361. The van der Waals surface area contributed by atoms with Gasteiger partial charge in [0, 0.05) is 32.2 Å². The highest BCUT2D eigenvalue weighted by atomic mass is 127. The minimum Gasteiger partial charge on any atom is -0.443 e. The second kappa shape index (κ2) is 9.36. The van der Waals surface area contributed by atoms with Crippen LogP contribution in [0.15, 0.2) is 15.6 Å². The van der Waals surface area contributed by atoms with Crippen molar-refractivity contribution >= 4 is 29.9 Å². The van der Waals surface area contributed by atoms with Crippen molar-refractivity contribution in [2.24, 2.45) is 4.99 Å². The van der Waals surface area contributed by atoms with Gasteiger partial charge in [-0.3, -0.25) is 4.99 Å². The highest BCUT2D eigenvalue weighted by molar-refractivity contribution is 14.0. The molecule has 3 heterocycles. The molecule has 0 saturated carbocycles. The Labute approximate surface area is 172 Å². The molecule has 2 atom stereocenters. The number of aliphatic imine (C=N–C) groups is 1. The van der Waals surface area contributed by atoms with Gasteiger partial charge in [0.25, 0.3) is 0 Å². The molecular weight excluding hydrogens is 447 g/mol. The van der Waals surface area contributed by atoms with E-state index in [1.807, 2.05) is 6.20 Å². The number of hydrogen-bond donors (Lipinski definition) is 1. The van der Waals surface area contributed by atoms with Crippen molar-refractivity contribution in [3.05, 3.63) is 17.8 Å². The van der Waals surface area contributed by atoms with Crippen molar-refractivity contribution in [3.63, 3.8) is 0 Å². The second-order valence-electron chi connectivity index (χ2n) is 7.68. The monoisotopic (exact) mass is 478 g/mol. The average Bonchev–Trinajstić information content (AvgIpc) is 3.27. The van der Waals surface area contributed by atoms with Gasteiger partial charge in [0.05, 0.1) is 25.5 Å². The molecule has 2 aliphatic heterocycles. The standard InChI is InChI=1S/C18H30N4O3.HI/c1-18(2,3)15-10-20-16(25-15)11-21-17(19-4)22-7-9-24-14(12-22)13-6-5-8-23-13;/h10,13-14H,5-9,11-12H2,1-4H3,(H,19,21);1H. The van der Waals surface area contributed by atoms with E-state index in [2.05, 4.69) is 41.0 Å². The second-order valence-corrected chi connectivity index (χ2v) is 7.68. The number of nitrogens with zero attached hydrogens (tertiary/aromatic N) is 3. The fourth-order valence-electron chi connectivity index (χ4n) is 3.21. The lowest BCUT2D eigenvalue weighted by Crippen LogP contribution is -2.53. The van der Waals surface area contributed by atoms with Gasteiger partial charge in [-0.05, 0) is 12.8 Å². The molecule has 0 aliphatic carbocycles. The van der Waals surface area contributed by atoms with Gasteiger partial charge in [0.1, 0.15) is 11.9 Å². The lowest BCUT2D eigenvalue weighted by Gasteiger charge is -2.37. The number of morpholine rings is 1. The van der Waals surface area contributed by atoms with Gasteiger partial charge in [-0.25, -0.2) is 4.98 Å². The third-order valence-corrected chi connectivity index (χ3v) is 4.67. The molecule has 8 heteroatoms. The van der Waals surface area contributed by atoms with Crippen LogP contribution in [0.3, 0.4) is 0 Å². The van der Waals surface area contributed by atoms with Gasteiger partial charge in [-0.15, -0.1) is 24.0 Å². The summed E-state index contributed by atoms with van der Waals surface area (Å²) < 4.78 is 17.5. The van der Waals surface area contributed by atoms with Crippen LogP contribution in [0.5, 0.6) is 0 Å². The molecule has 148 valence electrons. The van der Waals surface area contributed by atoms with Crippen LogP contribution in [0.2, 0.25) is 0 Å². The first-order valence-electron chi connectivity index (χ1n) is 9.11. The zero-order valence-electron chi connectivity index (χ0n) is 16.2. The molecular formula is C18H31IN4O3. The molecule has 1 aromatic heterocycles. The molecule has 2 fully saturated rings. The zero-order valence-corrected chi connectivity index (χ0v) is 18.5. The maximum atomic E-state index is 5.91. The predicted molar refractivity (Wildman–Crippen MR) is 111 cm³/mol. The number of ether oxygens (including phenoxy) is 2. The summed E-state index contributed by atoms with van der Waals surface area (Å²) in [5.74, 6) is 2.42. The van der Waals surface area contributed by atoms with Crippen molar-refractivity contribution in [3.8, 4) is 0 Å². The molecule has 3 rings (SSSR count). The van der Waals surface area contributed by atoms with Gasteiger partial charge in [0.15, 0.2) is 5.96 Å². The Balaban J connectivity index is 0.00000243. The van der Waals surface area contributed by atoms with Gasteiger partial charge in [-0.2, -0.15) is 0 Å². The number of hydrogen-bond acceptors (Lipinski definition) is 5. The summed E-state index contributed by atoms with van der Waals surface area (Å²) in [6.07, 6.45) is 4.34. The summed E-state index contributed by atoms with van der Waals surface area (Å²) in [5, 5.41) is 3.35. The van der Waals surface area contributed by atoms with E-state index in [1.54, 1.807) is 7.05 Å². The lowest BCUT2D eigenvalue weighted by atomic mass is 9.94. The first-order chi connectivity index (χ1) is 12.0. The summed E-state index contributed by atoms with van der Waals surface area (Å²) in [7, 11) is 1.80. The molecule has 7 nitrogen and oxygen atoms in total. The van der Waals surface area contributed by atoms with Crippen molar-refractivity contribution in [2.45, 2.75) is 57.8 Å². The third-order valence-electron chi connectivity index (χ3n) is 4.67. The van der Waals surface area contributed by atoms with Gasteiger partial charge in [0.2, 0.25) is 5.89 Å². The maximum Gasteiger partial charge on any atom is 0.213 e. The predicted octanol–water partition coefficient (Wildman–Crippen LogP) is 2.55. The van der Waals surface area contributed by atoms with E-state index in [9.17, 15) is 0 Å². The smallest absolute Gasteiger partial charge is 0.213 e. The van der Waals surface area contributed by atoms with Crippen LogP contribution in [0, 0.1) is 0 Å². The molecule has 1 aromatic rings. The Bertz CT molecular complexity index is 594. The summed E-state index contributed by atoms with van der Waals surface area (Å²) >= 11 is 0. The summed E-state index contributed by atoms with van der Waals surface area (Å²) in [4.78, 5) is 11.0. The molecule has 2 saturated heterocycles. The highest BCUT2D eigenvalue weighted by Crippen LogP contribution is 2.23. The number of nitrogens with one attached hydrogen (secondary N) is 1. The molecule has 0 radical (unpaired) electrons. The van der Waals surface area contributed by atoms with Crippen LogP contribution < -0.4 is 5.32 Å². The van der Waals surface area contributed by atoms with E-state index in [4.69, 9.17) is 13.9 Å². The number of guanidine groups is 1. The Hall–Kier alpha value is -0.870. The SMILES string of the molecule is CN=C(NCc1ncc(C(C)(C)C)o1)N1CCOC(C2CCCO2)C1.I. The first-order valence-corrected chi connectivity index (χ1v) is 9.11. The molecule has 0 aromatic carbocycles. The normalized spacial score (nSPS) is 24.5.